The average Bonchev–Trinajstić information content (AvgIpc) is 3.23. The summed E-state index contributed by atoms with van der Waals surface area (Å²) in [5, 5.41) is 6.28. The highest BCUT2D eigenvalue weighted by Crippen LogP contribution is 2.28. The van der Waals surface area contributed by atoms with Crippen molar-refractivity contribution in [2.75, 3.05) is 11.9 Å². The number of aryl methyl sites for hydroxylation is 1. The third-order valence-electron chi connectivity index (χ3n) is 3.28. The summed E-state index contributed by atoms with van der Waals surface area (Å²) in [6, 6.07) is 5.44. The molecule has 0 bridgehead atoms. The van der Waals surface area contributed by atoms with Gasteiger partial charge >= 0.3 is 0 Å². The summed E-state index contributed by atoms with van der Waals surface area (Å²) in [7, 11) is 0. The van der Waals surface area contributed by atoms with Crippen LogP contribution in [0, 0.1) is 12.8 Å². The van der Waals surface area contributed by atoms with Crippen LogP contribution in [-0.4, -0.2) is 18.4 Å². The number of amides is 2. The fraction of sp³-hybridized carbons (Fsp3) is 0.467. The van der Waals surface area contributed by atoms with Crippen LogP contribution < -0.4 is 10.6 Å². The summed E-state index contributed by atoms with van der Waals surface area (Å²) in [5.41, 5.74) is 1.68. The van der Waals surface area contributed by atoms with Gasteiger partial charge in [-0.1, -0.05) is 17.7 Å². The Hall–Kier alpha value is -1.55. The predicted octanol–water partition coefficient (Wildman–Crippen LogP) is 2.89. The van der Waals surface area contributed by atoms with E-state index >= 15 is 0 Å². The second-order valence-corrected chi connectivity index (χ2v) is 5.59. The van der Waals surface area contributed by atoms with Gasteiger partial charge in [-0.15, -0.1) is 0 Å². The molecule has 2 N–H and O–H groups in total. The molecule has 0 spiro atoms. The van der Waals surface area contributed by atoms with Crippen LogP contribution >= 0.6 is 11.6 Å². The van der Waals surface area contributed by atoms with E-state index in [0.29, 0.717) is 30.1 Å². The van der Waals surface area contributed by atoms with E-state index in [9.17, 15) is 9.59 Å². The van der Waals surface area contributed by atoms with Crippen LogP contribution in [0.3, 0.4) is 0 Å². The molecule has 0 radical (unpaired) electrons. The standard InChI is InChI=1S/C15H19ClN2O2/c1-10-4-7-12(9-13(10)16)18-14(19)3-2-8-17-15(20)11-5-6-11/h4,7,9,11H,2-3,5-6,8H2,1H3,(H,17,20)(H,18,19). The minimum absolute atomic E-state index is 0.0643. The Morgan fingerprint density at radius 1 is 1.35 bits per heavy atom. The monoisotopic (exact) mass is 294 g/mol. The largest absolute Gasteiger partial charge is 0.356 e. The van der Waals surface area contributed by atoms with Crippen LogP contribution in [0.15, 0.2) is 18.2 Å². The van der Waals surface area contributed by atoms with E-state index in [1.165, 1.54) is 0 Å². The molecule has 1 aromatic rings. The number of carbonyl (C=O) groups is 2. The first-order valence-corrected chi connectivity index (χ1v) is 7.28. The molecule has 1 aliphatic carbocycles. The predicted molar refractivity (Wildman–Crippen MR) is 79.8 cm³/mol. The van der Waals surface area contributed by atoms with Gasteiger partial charge in [0.25, 0.3) is 0 Å². The van der Waals surface area contributed by atoms with Gasteiger partial charge in [-0.25, -0.2) is 0 Å². The quantitative estimate of drug-likeness (QED) is 0.793. The first kappa shape index (κ1) is 14.9. The molecule has 2 amide bonds. The van der Waals surface area contributed by atoms with Gasteiger partial charge in [0, 0.05) is 29.6 Å². The SMILES string of the molecule is Cc1ccc(NC(=O)CCCNC(=O)C2CC2)cc1Cl. The molecule has 5 heteroatoms. The molecule has 0 aliphatic heterocycles. The van der Waals surface area contributed by atoms with Crippen molar-refractivity contribution < 1.29 is 9.59 Å². The molecule has 20 heavy (non-hydrogen) atoms. The number of benzene rings is 1. The highest BCUT2D eigenvalue weighted by atomic mass is 35.5. The van der Waals surface area contributed by atoms with Crippen molar-refractivity contribution in [2.45, 2.75) is 32.6 Å². The van der Waals surface area contributed by atoms with Crippen LogP contribution in [0.5, 0.6) is 0 Å². The molecule has 108 valence electrons. The molecule has 4 nitrogen and oxygen atoms in total. The highest BCUT2D eigenvalue weighted by molar-refractivity contribution is 6.31. The van der Waals surface area contributed by atoms with Gasteiger partial charge in [0.15, 0.2) is 0 Å². The smallest absolute Gasteiger partial charge is 0.224 e. The zero-order valence-corrected chi connectivity index (χ0v) is 12.3. The number of hydrogen-bond donors (Lipinski definition) is 2. The Bertz CT molecular complexity index is 513. The van der Waals surface area contributed by atoms with Gasteiger partial charge in [-0.2, -0.15) is 0 Å². The molecule has 0 heterocycles. The Morgan fingerprint density at radius 3 is 2.75 bits per heavy atom. The molecule has 0 unspecified atom stereocenters. The van der Waals surface area contributed by atoms with E-state index in [0.717, 1.165) is 18.4 Å². The van der Waals surface area contributed by atoms with Crippen LogP contribution in [-0.2, 0) is 9.59 Å². The molecule has 1 aliphatic rings. The fourth-order valence-corrected chi connectivity index (χ4v) is 2.03. The molecule has 0 aromatic heterocycles. The van der Waals surface area contributed by atoms with Crippen molar-refractivity contribution in [3.8, 4) is 0 Å². The Kier molecular flexibility index (Phi) is 5.01. The van der Waals surface area contributed by atoms with Crippen LogP contribution in [0.2, 0.25) is 5.02 Å². The van der Waals surface area contributed by atoms with Crippen LogP contribution in [0.25, 0.3) is 0 Å². The van der Waals surface area contributed by atoms with Crippen LogP contribution in [0.1, 0.15) is 31.2 Å². The third-order valence-corrected chi connectivity index (χ3v) is 3.69. The zero-order valence-electron chi connectivity index (χ0n) is 11.5. The van der Waals surface area contributed by atoms with Gasteiger partial charge in [0.2, 0.25) is 11.8 Å². The average molecular weight is 295 g/mol. The minimum atomic E-state index is -0.0643. The number of hydrogen-bond acceptors (Lipinski definition) is 2. The van der Waals surface area contributed by atoms with E-state index in [-0.39, 0.29) is 17.7 Å². The molecule has 1 fully saturated rings. The number of carbonyl (C=O) groups excluding carboxylic acids is 2. The lowest BCUT2D eigenvalue weighted by atomic mass is 10.2. The zero-order chi connectivity index (χ0) is 14.5. The summed E-state index contributed by atoms with van der Waals surface area (Å²) in [6.07, 6.45) is 3.03. The molecular formula is C15H19ClN2O2. The summed E-state index contributed by atoms with van der Waals surface area (Å²) < 4.78 is 0. The topological polar surface area (TPSA) is 58.2 Å². The first-order chi connectivity index (χ1) is 9.56. The summed E-state index contributed by atoms with van der Waals surface area (Å²) in [5.74, 6) is 0.278. The molecule has 1 saturated carbocycles. The molecule has 0 saturated heterocycles. The van der Waals surface area contributed by atoms with Gasteiger partial charge < -0.3 is 10.6 Å². The number of rotatable bonds is 6. The third kappa shape index (κ3) is 4.53. The van der Waals surface area contributed by atoms with Crippen molar-refractivity contribution in [1.29, 1.82) is 0 Å². The van der Waals surface area contributed by atoms with Crippen molar-refractivity contribution in [1.82, 2.24) is 5.32 Å². The number of nitrogens with one attached hydrogen (secondary N) is 2. The van der Waals surface area contributed by atoms with E-state index in [1.807, 2.05) is 19.1 Å². The number of halogens is 1. The van der Waals surface area contributed by atoms with Crippen LogP contribution in [0.4, 0.5) is 5.69 Å². The van der Waals surface area contributed by atoms with E-state index < -0.39 is 0 Å². The van der Waals surface area contributed by atoms with Crippen molar-refractivity contribution >= 4 is 29.1 Å². The Labute approximate surface area is 123 Å². The molecular weight excluding hydrogens is 276 g/mol. The van der Waals surface area contributed by atoms with Gasteiger partial charge in [0.1, 0.15) is 0 Å². The molecule has 2 rings (SSSR count). The lowest BCUT2D eigenvalue weighted by Crippen LogP contribution is -2.26. The second-order valence-electron chi connectivity index (χ2n) is 5.18. The normalized spacial score (nSPS) is 13.9. The summed E-state index contributed by atoms with van der Waals surface area (Å²) in [4.78, 5) is 23.1. The van der Waals surface area contributed by atoms with Gasteiger partial charge in [-0.05, 0) is 43.9 Å². The fourth-order valence-electron chi connectivity index (χ4n) is 1.84. The lowest BCUT2D eigenvalue weighted by Gasteiger charge is -2.07. The first-order valence-electron chi connectivity index (χ1n) is 6.90. The van der Waals surface area contributed by atoms with Crippen molar-refractivity contribution in [3.63, 3.8) is 0 Å². The second kappa shape index (κ2) is 6.75. The summed E-state index contributed by atoms with van der Waals surface area (Å²) >= 11 is 6.00. The maximum atomic E-state index is 11.7. The van der Waals surface area contributed by atoms with E-state index in [4.69, 9.17) is 11.6 Å². The maximum absolute atomic E-state index is 11.7. The lowest BCUT2D eigenvalue weighted by molar-refractivity contribution is -0.122. The van der Waals surface area contributed by atoms with E-state index in [2.05, 4.69) is 10.6 Å². The van der Waals surface area contributed by atoms with Gasteiger partial charge in [-0.3, -0.25) is 9.59 Å². The Balaban J connectivity index is 1.66. The van der Waals surface area contributed by atoms with Gasteiger partial charge in [0.05, 0.1) is 0 Å². The van der Waals surface area contributed by atoms with Crippen molar-refractivity contribution in [3.05, 3.63) is 28.8 Å². The highest BCUT2D eigenvalue weighted by Gasteiger charge is 2.28. The van der Waals surface area contributed by atoms with E-state index in [1.54, 1.807) is 6.07 Å². The van der Waals surface area contributed by atoms with Crippen molar-refractivity contribution in [2.24, 2.45) is 5.92 Å². The Morgan fingerprint density at radius 2 is 2.10 bits per heavy atom. The molecule has 0 atom stereocenters. The maximum Gasteiger partial charge on any atom is 0.224 e. The summed E-state index contributed by atoms with van der Waals surface area (Å²) in [6.45, 7) is 2.47. The molecule has 1 aromatic carbocycles. The minimum Gasteiger partial charge on any atom is -0.356 e. The number of anilines is 1.